The van der Waals surface area contributed by atoms with E-state index in [0.29, 0.717) is 0 Å². The molecule has 0 N–H and O–H groups in total. The van der Waals surface area contributed by atoms with Crippen LogP contribution in [0.5, 0.6) is 0 Å². The number of hydrogen-bond acceptors (Lipinski definition) is 1. The molecule has 0 saturated heterocycles. The van der Waals surface area contributed by atoms with Crippen LogP contribution in [0.4, 0.5) is 0 Å². The molecule has 1 aromatic rings. The van der Waals surface area contributed by atoms with Gasteiger partial charge in [0, 0.05) is 4.90 Å². The maximum atomic E-state index is 3.68. The molecule has 13 heavy (non-hydrogen) atoms. The van der Waals surface area contributed by atoms with E-state index in [4.69, 9.17) is 0 Å². The van der Waals surface area contributed by atoms with Gasteiger partial charge in [-0.25, -0.2) is 0 Å². The average Bonchev–Trinajstić information content (AvgIpc) is 2.19. The van der Waals surface area contributed by atoms with Crippen molar-refractivity contribution in [3.05, 3.63) is 54.5 Å². The van der Waals surface area contributed by atoms with Gasteiger partial charge in [-0.3, -0.25) is 0 Å². The van der Waals surface area contributed by atoms with E-state index in [1.165, 1.54) is 4.90 Å². The fourth-order valence-corrected chi connectivity index (χ4v) is 1.61. The Labute approximate surface area is 84.4 Å². The van der Waals surface area contributed by atoms with Crippen molar-refractivity contribution in [3.8, 4) is 0 Å². The normalized spacial score (nSPS) is 10.5. The van der Waals surface area contributed by atoms with Crippen LogP contribution in [0.1, 0.15) is 12.8 Å². The van der Waals surface area contributed by atoms with Gasteiger partial charge < -0.3 is 0 Å². The first-order valence-electron chi connectivity index (χ1n) is 4.41. The van der Waals surface area contributed by atoms with Gasteiger partial charge in [-0.2, -0.15) is 0 Å². The number of rotatable bonds is 5. The van der Waals surface area contributed by atoms with E-state index >= 15 is 0 Å². The summed E-state index contributed by atoms with van der Waals surface area (Å²) >= 11 is 1.76. The molecule has 0 atom stereocenters. The maximum absolute atomic E-state index is 3.68. The van der Waals surface area contributed by atoms with Crippen LogP contribution in [0.25, 0.3) is 0 Å². The zero-order chi connectivity index (χ0) is 9.36. The van der Waals surface area contributed by atoms with Crippen LogP contribution in [0.2, 0.25) is 0 Å². The fraction of sp³-hybridized carbons (Fsp3) is 0.167. The molecule has 1 aromatic carbocycles. The van der Waals surface area contributed by atoms with Gasteiger partial charge in [0.05, 0.1) is 0 Å². The van der Waals surface area contributed by atoms with Gasteiger partial charge in [-0.05, 0) is 30.4 Å². The molecule has 1 heteroatoms. The SMILES string of the molecule is C=CCCC=CSc1ccccc1. The minimum absolute atomic E-state index is 1.06. The smallest absolute Gasteiger partial charge is 0.0116 e. The van der Waals surface area contributed by atoms with Crippen molar-refractivity contribution in [1.29, 1.82) is 0 Å². The van der Waals surface area contributed by atoms with Gasteiger partial charge in [0.25, 0.3) is 0 Å². The largest absolute Gasteiger partial charge is 0.103 e. The number of allylic oxidation sites excluding steroid dienone is 2. The highest BCUT2D eigenvalue weighted by Crippen LogP contribution is 2.18. The number of unbranched alkanes of at least 4 members (excludes halogenated alkanes) is 1. The van der Waals surface area contributed by atoms with Crippen LogP contribution < -0.4 is 0 Å². The quantitative estimate of drug-likeness (QED) is 0.380. The molecule has 0 fully saturated rings. The van der Waals surface area contributed by atoms with E-state index in [0.717, 1.165) is 12.8 Å². The number of benzene rings is 1. The van der Waals surface area contributed by atoms with Crippen LogP contribution in [-0.2, 0) is 0 Å². The summed E-state index contributed by atoms with van der Waals surface area (Å²) in [6.45, 7) is 3.68. The summed E-state index contributed by atoms with van der Waals surface area (Å²) in [4.78, 5) is 1.29. The van der Waals surface area contributed by atoms with Crippen molar-refractivity contribution in [2.75, 3.05) is 0 Å². The third-order valence-electron chi connectivity index (χ3n) is 1.58. The summed E-state index contributed by atoms with van der Waals surface area (Å²) in [5, 5.41) is 2.14. The molecule has 0 saturated carbocycles. The second kappa shape index (κ2) is 6.55. The molecule has 68 valence electrons. The van der Waals surface area contributed by atoms with E-state index in [9.17, 15) is 0 Å². The van der Waals surface area contributed by atoms with Crippen molar-refractivity contribution in [1.82, 2.24) is 0 Å². The van der Waals surface area contributed by atoms with Gasteiger partial charge in [-0.15, -0.1) is 6.58 Å². The van der Waals surface area contributed by atoms with Crippen LogP contribution in [0.15, 0.2) is 59.4 Å². The Hall–Kier alpha value is -0.950. The molecule has 0 unspecified atom stereocenters. The van der Waals surface area contributed by atoms with Gasteiger partial charge in [0.1, 0.15) is 0 Å². The molecule has 0 aliphatic carbocycles. The molecule has 0 amide bonds. The van der Waals surface area contributed by atoms with Crippen molar-refractivity contribution in [2.45, 2.75) is 17.7 Å². The molecule has 0 aliphatic heterocycles. The Balaban J connectivity index is 2.26. The molecule has 0 bridgehead atoms. The van der Waals surface area contributed by atoms with Crippen molar-refractivity contribution < 1.29 is 0 Å². The number of thioether (sulfide) groups is 1. The van der Waals surface area contributed by atoms with E-state index in [1.54, 1.807) is 11.8 Å². The monoisotopic (exact) mass is 190 g/mol. The minimum Gasteiger partial charge on any atom is -0.103 e. The van der Waals surface area contributed by atoms with E-state index < -0.39 is 0 Å². The first-order chi connectivity index (χ1) is 6.43. The van der Waals surface area contributed by atoms with Crippen LogP contribution >= 0.6 is 11.8 Å². The molecular formula is C12H14S. The highest BCUT2D eigenvalue weighted by Gasteiger charge is 1.85. The summed E-state index contributed by atoms with van der Waals surface area (Å²) < 4.78 is 0. The Kier molecular flexibility index (Phi) is 5.11. The molecule has 0 aromatic heterocycles. The van der Waals surface area contributed by atoms with Gasteiger partial charge >= 0.3 is 0 Å². The zero-order valence-corrected chi connectivity index (χ0v) is 8.46. The lowest BCUT2D eigenvalue weighted by Crippen LogP contribution is -1.65. The van der Waals surface area contributed by atoms with Crippen molar-refractivity contribution in [3.63, 3.8) is 0 Å². The Morgan fingerprint density at radius 1 is 1.15 bits per heavy atom. The van der Waals surface area contributed by atoms with Crippen molar-refractivity contribution >= 4 is 11.8 Å². The lowest BCUT2D eigenvalue weighted by molar-refractivity contribution is 1.06. The van der Waals surface area contributed by atoms with Crippen LogP contribution in [-0.4, -0.2) is 0 Å². The van der Waals surface area contributed by atoms with Gasteiger partial charge in [0.15, 0.2) is 0 Å². The summed E-state index contributed by atoms with van der Waals surface area (Å²) in [7, 11) is 0. The summed E-state index contributed by atoms with van der Waals surface area (Å²) in [6.07, 6.45) is 6.27. The van der Waals surface area contributed by atoms with Gasteiger partial charge in [-0.1, -0.05) is 42.1 Å². The predicted molar refractivity (Wildman–Crippen MR) is 60.9 cm³/mol. The Morgan fingerprint density at radius 2 is 1.92 bits per heavy atom. The summed E-state index contributed by atoms with van der Waals surface area (Å²) in [6, 6.07) is 10.4. The molecule has 0 spiro atoms. The first-order valence-corrected chi connectivity index (χ1v) is 5.29. The summed E-state index contributed by atoms with van der Waals surface area (Å²) in [5.74, 6) is 0. The fourth-order valence-electron chi connectivity index (χ4n) is 0.908. The lowest BCUT2D eigenvalue weighted by Gasteiger charge is -1.93. The first kappa shape index (κ1) is 10.1. The van der Waals surface area contributed by atoms with E-state index in [1.807, 2.05) is 12.1 Å². The molecule has 0 heterocycles. The highest BCUT2D eigenvalue weighted by atomic mass is 32.2. The molecule has 1 rings (SSSR count). The van der Waals surface area contributed by atoms with Crippen LogP contribution in [0, 0.1) is 0 Å². The molecular weight excluding hydrogens is 176 g/mol. The second-order valence-electron chi connectivity index (χ2n) is 2.67. The number of hydrogen-bond donors (Lipinski definition) is 0. The maximum Gasteiger partial charge on any atom is 0.0116 e. The molecule has 0 aliphatic rings. The third kappa shape index (κ3) is 4.58. The standard InChI is InChI=1S/C12H14S/c1-2-3-4-8-11-13-12-9-6-5-7-10-12/h2,5-11H,1,3-4H2. The van der Waals surface area contributed by atoms with E-state index in [2.05, 4.69) is 42.3 Å². The van der Waals surface area contributed by atoms with Crippen LogP contribution in [0.3, 0.4) is 0 Å². The lowest BCUT2D eigenvalue weighted by atomic mass is 10.3. The van der Waals surface area contributed by atoms with Gasteiger partial charge in [0.2, 0.25) is 0 Å². The third-order valence-corrected chi connectivity index (χ3v) is 2.45. The molecule has 0 radical (unpaired) electrons. The molecule has 0 nitrogen and oxygen atoms in total. The average molecular weight is 190 g/mol. The van der Waals surface area contributed by atoms with Crippen molar-refractivity contribution in [2.24, 2.45) is 0 Å². The zero-order valence-electron chi connectivity index (χ0n) is 7.65. The highest BCUT2D eigenvalue weighted by molar-refractivity contribution is 8.02. The summed E-state index contributed by atoms with van der Waals surface area (Å²) in [5.41, 5.74) is 0. The topological polar surface area (TPSA) is 0 Å². The Bertz CT molecular complexity index is 262. The predicted octanol–water partition coefficient (Wildman–Crippen LogP) is 4.26. The Morgan fingerprint density at radius 3 is 2.62 bits per heavy atom. The van der Waals surface area contributed by atoms with E-state index in [-0.39, 0.29) is 0 Å². The minimum atomic E-state index is 1.06. The second-order valence-corrected chi connectivity index (χ2v) is 3.65.